The standard InChI is InChI=1S/C8H16N6O3S/c1-17-5-8-12-6(4-7(13-8)14-9)11-2-3-18(10,15)16/h4H,2-3,5,9H2,1H3,(H2,10,15,16)(H2,11,12,13,14). The van der Waals surface area contributed by atoms with Crippen molar-refractivity contribution in [3.05, 3.63) is 11.9 Å². The Morgan fingerprint density at radius 3 is 2.61 bits per heavy atom. The van der Waals surface area contributed by atoms with E-state index in [2.05, 4.69) is 20.7 Å². The number of nitrogens with zero attached hydrogens (tertiary/aromatic N) is 2. The van der Waals surface area contributed by atoms with Crippen LogP contribution in [0.15, 0.2) is 6.07 Å². The van der Waals surface area contributed by atoms with Gasteiger partial charge in [-0.1, -0.05) is 0 Å². The molecule has 0 aliphatic rings. The van der Waals surface area contributed by atoms with E-state index in [1.54, 1.807) is 6.07 Å². The minimum atomic E-state index is -3.50. The minimum Gasteiger partial charge on any atom is -0.377 e. The molecule has 0 amide bonds. The number of sulfonamides is 1. The molecule has 0 aliphatic carbocycles. The Labute approximate surface area is 105 Å². The van der Waals surface area contributed by atoms with E-state index in [9.17, 15) is 8.42 Å². The van der Waals surface area contributed by atoms with Crippen molar-refractivity contribution in [1.29, 1.82) is 0 Å². The molecule has 10 heteroatoms. The summed E-state index contributed by atoms with van der Waals surface area (Å²) >= 11 is 0. The Balaban J connectivity index is 2.72. The van der Waals surface area contributed by atoms with Crippen LogP contribution in [0.4, 0.5) is 11.6 Å². The smallest absolute Gasteiger partial charge is 0.210 e. The molecule has 0 saturated carbocycles. The molecule has 18 heavy (non-hydrogen) atoms. The van der Waals surface area contributed by atoms with Gasteiger partial charge in [0.1, 0.15) is 18.2 Å². The lowest BCUT2D eigenvalue weighted by molar-refractivity contribution is 0.178. The summed E-state index contributed by atoms with van der Waals surface area (Å²) in [4.78, 5) is 8.16. The van der Waals surface area contributed by atoms with Crippen LogP contribution >= 0.6 is 0 Å². The maximum atomic E-state index is 10.8. The minimum absolute atomic E-state index is 0.145. The Morgan fingerprint density at radius 1 is 1.39 bits per heavy atom. The zero-order chi connectivity index (χ0) is 13.6. The highest BCUT2D eigenvalue weighted by Crippen LogP contribution is 2.10. The van der Waals surface area contributed by atoms with Gasteiger partial charge >= 0.3 is 0 Å². The maximum Gasteiger partial charge on any atom is 0.210 e. The number of rotatable bonds is 7. The summed E-state index contributed by atoms with van der Waals surface area (Å²) in [5, 5.41) is 7.69. The van der Waals surface area contributed by atoms with Crippen LogP contribution in [0, 0.1) is 0 Å². The van der Waals surface area contributed by atoms with Crippen molar-refractivity contribution in [3.63, 3.8) is 0 Å². The molecule has 0 aromatic carbocycles. The Kier molecular flexibility index (Phi) is 5.22. The second-order valence-corrected chi connectivity index (χ2v) is 5.16. The third kappa shape index (κ3) is 5.23. The zero-order valence-corrected chi connectivity index (χ0v) is 10.7. The molecule has 0 atom stereocenters. The highest BCUT2D eigenvalue weighted by Gasteiger charge is 2.06. The Morgan fingerprint density at radius 2 is 2.06 bits per heavy atom. The van der Waals surface area contributed by atoms with E-state index in [0.29, 0.717) is 17.5 Å². The molecule has 1 aromatic rings. The van der Waals surface area contributed by atoms with Crippen LogP contribution in [-0.2, 0) is 21.4 Å². The number of nitrogens with one attached hydrogen (secondary N) is 2. The van der Waals surface area contributed by atoms with Crippen LogP contribution in [0.5, 0.6) is 0 Å². The predicted octanol–water partition coefficient (Wildman–Crippen LogP) is -1.39. The molecule has 0 unspecified atom stereocenters. The zero-order valence-electron chi connectivity index (χ0n) is 9.88. The average molecular weight is 276 g/mol. The van der Waals surface area contributed by atoms with E-state index in [0.717, 1.165) is 0 Å². The van der Waals surface area contributed by atoms with E-state index in [-0.39, 0.29) is 18.9 Å². The number of primary sulfonamides is 1. The first-order chi connectivity index (χ1) is 8.44. The van der Waals surface area contributed by atoms with Gasteiger partial charge in [0.05, 0.1) is 5.75 Å². The molecular weight excluding hydrogens is 260 g/mol. The van der Waals surface area contributed by atoms with Gasteiger partial charge in [0.25, 0.3) is 0 Å². The molecule has 9 nitrogen and oxygen atoms in total. The molecule has 0 spiro atoms. The van der Waals surface area contributed by atoms with E-state index < -0.39 is 10.0 Å². The topological polar surface area (TPSA) is 145 Å². The van der Waals surface area contributed by atoms with Gasteiger partial charge in [-0.3, -0.25) is 0 Å². The third-order valence-corrected chi connectivity index (χ3v) is 2.66. The number of nitrogen functional groups attached to an aromatic ring is 1. The van der Waals surface area contributed by atoms with Gasteiger partial charge in [0.2, 0.25) is 10.0 Å². The molecule has 0 radical (unpaired) electrons. The number of aromatic nitrogens is 2. The van der Waals surface area contributed by atoms with Gasteiger partial charge in [-0.25, -0.2) is 29.4 Å². The molecule has 0 saturated heterocycles. The number of methoxy groups -OCH3 is 1. The normalized spacial score (nSPS) is 11.3. The van der Waals surface area contributed by atoms with Crippen LogP contribution in [-0.4, -0.2) is 37.8 Å². The van der Waals surface area contributed by atoms with Crippen molar-refractivity contribution in [3.8, 4) is 0 Å². The first-order valence-corrected chi connectivity index (χ1v) is 6.74. The van der Waals surface area contributed by atoms with Crippen molar-refractivity contribution < 1.29 is 13.2 Å². The number of anilines is 2. The summed E-state index contributed by atoms with van der Waals surface area (Å²) in [5.41, 5.74) is 2.38. The van der Waals surface area contributed by atoms with Crippen molar-refractivity contribution >= 4 is 21.7 Å². The molecule has 6 N–H and O–H groups in total. The van der Waals surface area contributed by atoms with Crippen molar-refractivity contribution in [1.82, 2.24) is 9.97 Å². The van der Waals surface area contributed by atoms with Crippen molar-refractivity contribution in [2.45, 2.75) is 6.61 Å². The van der Waals surface area contributed by atoms with Gasteiger partial charge in [-0.05, 0) is 0 Å². The second-order valence-electron chi connectivity index (χ2n) is 3.43. The molecule has 1 heterocycles. The van der Waals surface area contributed by atoms with Crippen molar-refractivity contribution in [2.75, 3.05) is 30.1 Å². The SMILES string of the molecule is COCc1nc(NN)cc(NCCS(N)(=O)=O)n1. The number of nitrogens with two attached hydrogens (primary N) is 2. The van der Waals surface area contributed by atoms with Crippen LogP contribution in [0.2, 0.25) is 0 Å². The number of hydrogen-bond acceptors (Lipinski definition) is 8. The number of hydrazine groups is 1. The summed E-state index contributed by atoms with van der Waals surface area (Å²) in [7, 11) is -1.99. The molecule has 1 aromatic heterocycles. The average Bonchev–Trinajstić information content (AvgIpc) is 2.27. The quantitative estimate of drug-likeness (QED) is 0.352. The van der Waals surface area contributed by atoms with Crippen LogP contribution in [0.3, 0.4) is 0 Å². The van der Waals surface area contributed by atoms with E-state index >= 15 is 0 Å². The van der Waals surface area contributed by atoms with Gasteiger partial charge in [0.15, 0.2) is 5.82 Å². The van der Waals surface area contributed by atoms with E-state index in [1.165, 1.54) is 7.11 Å². The lowest BCUT2D eigenvalue weighted by Gasteiger charge is -2.08. The fraction of sp³-hybridized carbons (Fsp3) is 0.500. The van der Waals surface area contributed by atoms with Gasteiger partial charge in [-0.2, -0.15) is 0 Å². The number of ether oxygens (including phenoxy) is 1. The lowest BCUT2D eigenvalue weighted by atomic mass is 10.5. The van der Waals surface area contributed by atoms with Gasteiger partial charge < -0.3 is 15.5 Å². The fourth-order valence-corrected chi connectivity index (χ4v) is 1.56. The third-order valence-electron chi connectivity index (χ3n) is 1.89. The first-order valence-electron chi connectivity index (χ1n) is 5.02. The molecular formula is C8H16N6O3S. The summed E-state index contributed by atoms with van der Waals surface area (Å²) in [6.07, 6.45) is 0. The monoisotopic (exact) mass is 276 g/mol. The summed E-state index contributed by atoms with van der Waals surface area (Å²) in [6, 6.07) is 1.54. The largest absolute Gasteiger partial charge is 0.377 e. The van der Waals surface area contributed by atoms with E-state index in [1.807, 2.05) is 0 Å². The predicted molar refractivity (Wildman–Crippen MR) is 67.0 cm³/mol. The number of hydrogen-bond donors (Lipinski definition) is 4. The maximum absolute atomic E-state index is 10.8. The van der Waals surface area contributed by atoms with Crippen LogP contribution in [0.25, 0.3) is 0 Å². The van der Waals surface area contributed by atoms with Crippen LogP contribution in [0.1, 0.15) is 5.82 Å². The molecule has 102 valence electrons. The highest BCUT2D eigenvalue weighted by molar-refractivity contribution is 7.89. The fourth-order valence-electron chi connectivity index (χ4n) is 1.18. The molecule has 1 rings (SSSR count). The van der Waals surface area contributed by atoms with Gasteiger partial charge in [-0.15, -0.1) is 0 Å². The lowest BCUT2D eigenvalue weighted by Crippen LogP contribution is -2.23. The Bertz CT molecular complexity index is 492. The van der Waals surface area contributed by atoms with Crippen molar-refractivity contribution in [2.24, 2.45) is 11.0 Å². The van der Waals surface area contributed by atoms with Gasteiger partial charge in [0, 0.05) is 19.7 Å². The summed E-state index contributed by atoms with van der Waals surface area (Å²) in [6.45, 7) is 0.367. The van der Waals surface area contributed by atoms with E-state index in [4.69, 9.17) is 15.7 Å². The summed E-state index contributed by atoms with van der Waals surface area (Å²) < 4.78 is 26.4. The Hall–Kier alpha value is -1.49. The van der Waals surface area contributed by atoms with Crippen LogP contribution < -0.4 is 21.7 Å². The second kappa shape index (κ2) is 6.44. The molecule has 0 bridgehead atoms. The molecule has 0 aliphatic heterocycles. The highest BCUT2D eigenvalue weighted by atomic mass is 32.2. The first kappa shape index (κ1) is 14.6. The summed E-state index contributed by atoms with van der Waals surface area (Å²) in [5.74, 6) is 6.32. The molecule has 0 fully saturated rings.